The molecule has 1 unspecified atom stereocenters. The van der Waals surface area contributed by atoms with Crippen molar-refractivity contribution in [3.63, 3.8) is 0 Å². The van der Waals surface area contributed by atoms with Gasteiger partial charge in [-0.2, -0.15) is 0 Å². The highest BCUT2D eigenvalue weighted by atomic mass is 16.2. The van der Waals surface area contributed by atoms with Crippen molar-refractivity contribution in [3.8, 4) is 0 Å². The average Bonchev–Trinajstić information content (AvgIpc) is 2.76. The first kappa shape index (κ1) is 14.0. The number of carbonyl (C=O) groups is 2. The van der Waals surface area contributed by atoms with Gasteiger partial charge >= 0.3 is 6.03 Å². The van der Waals surface area contributed by atoms with Crippen molar-refractivity contribution < 1.29 is 9.59 Å². The van der Waals surface area contributed by atoms with E-state index < -0.39 is 12.1 Å². The van der Waals surface area contributed by atoms with Crippen molar-refractivity contribution in [1.82, 2.24) is 20.6 Å². The minimum atomic E-state index is -0.697. The van der Waals surface area contributed by atoms with Gasteiger partial charge < -0.3 is 21.4 Å². The van der Waals surface area contributed by atoms with E-state index in [1.807, 2.05) is 13.8 Å². The van der Waals surface area contributed by atoms with Gasteiger partial charge in [0.15, 0.2) is 0 Å². The molecule has 0 aliphatic heterocycles. The first-order chi connectivity index (χ1) is 8.49. The number of rotatable bonds is 6. The molecule has 0 saturated carbocycles. The summed E-state index contributed by atoms with van der Waals surface area (Å²) in [6.45, 7) is 4.28. The number of aromatic nitrogens is 2. The van der Waals surface area contributed by atoms with Gasteiger partial charge in [0.2, 0.25) is 5.91 Å². The Balaban J connectivity index is 2.50. The van der Waals surface area contributed by atoms with Crippen molar-refractivity contribution in [3.05, 3.63) is 18.2 Å². The Labute approximate surface area is 106 Å². The molecule has 18 heavy (non-hydrogen) atoms. The van der Waals surface area contributed by atoms with E-state index in [2.05, 4.69) is 20.6 Å². The van der Waals surface area contributed by atoms with Gasteiger partial charge in [0, 0.05) is 6.20 Å². The maximum Gasteiger partial charge on any atom is 0.312 e. The summed E-state index contributed by atoms with van der Waals surface area (Å²) in [5.74, 6) is 0.0249. The summed E-state index contributed by atoms with van der Waals surface area (Å²) in [5, 5.41) is 5.16. The first-order valence-electron chi connectivity index (χ1n) is 5.80. The monoisotopic (exact) mass is 253 g/mol. The molecule has 0 spiro atoms. The van der Waals surface area contributed by atoms with E-state index in [9.17, 15) is 9.59 Å². The third kappa shape index (κ3) is 4.86. The quantitative estimate of drug-likeness (QED) is 0.577. The van der Waals surface area contributed by atoms with E-state index in [4.69, 9.17) is 5.73 Å². The highest BCUT2D eigenvalue weighted by Crippen LogP contribution is 2.05. The predicted molar refractivity (Wildman–Crippen MR) is 66.4 cm³/mol. The van der Waals surface area contributed by atoms with Crippen LogP contribution in [0.1, 0.15) is 26.0 Å². The number of primary amides is 1. The number of hydrogen-bond acceptors (Lipinski definition) is 3. The normalized spacial score (nSPS) is 12.2. The topological polar surface area (TPSA) is 113 Å². The standard InChI is InChI=1S/C11H19N5O2/c1-7(2)3-9(16-11(12)18)10(17)14-5-8-4-13-6-15-8/h4,6-7,9H,3,5H2,1-2H3,(H,13,15)(H,14,17)(H3,12,16,18). The molecule has 1 aromatic rings. The summed E-state index contributed by atoms with van der Waals surface area (Å²) in [6, 6.07) is -1.30. The number of aromatic amines is 1. The predicted octanol–water partition coefficient (Wildman–Crippen LogP) is 0.109. The van der Waals surface area contributed by atoms with Crippen LogP contribution in [0.15, 0.2) is 12.5 Å². The molecule has 0 fully saturated rings. The number of urea groups is 1. The zero-order valence-corrected chi connectivity index (χ0v) is 10.6. The van der Waals surface area contributed by atoms with Gasteiger partial charge in [0.05, 0.1) is 18.6 Å². The van der Waals surface area contributed by atoms with Gasteiger partial charge in [-0.15, -0.1) is 0 Å². The molecular weight excluding hydrogens is 234 g/mol. The summed E-state index contributed by atoms with van der Waals surface area (Å²) in [5.41, 5.74) is 5.85. The largest absolute Gasteiger partial charge is 0.352 e. The lowest BCUT2D eigenvalue weighted by atomic mass is 10.0. The van der Waals surface area contributed by atoms with E-state index in [1.54, 1.807) is 6.20 Å². The van der Waals surface area contributed by atoms with Gasteiger partial charge in [0.25, 0.3) is 0 Å². The molecule has 7 nitrogen and oxygen atoms in total. The molecule has 7 heteroatoms. The van der Waals surface area contributed by atoms with Crippen molar-refractivity contribution >= 4 is 11.9 Å². The lowest BCUT2D eigenvalue weighted by Crippen LogP contribution is -2.49. The fraction of sp³-hybridized carbons (Fsp3) is 0.545. The number of carbonyl (C=O) groups excluding carboxylic acids is 2. The van der Waals surface area contributed by atoms with Gasteiger partial charge in [-0.1, -0.05) is 13.8 Å². The summed E-state index contributed by atoms with van der Waals surface area (Å²) in [7, 11) is 0. The third-order valence-electron chi connectivity index (χ3n) is 2.35. The van der Waals surface area contributed by atoms with Crippen molar-refractivity contribution in [1.29, 1.82) is 0 Å². The lowest BCUT2D eigenvalue weighted by Gasteiger charge is -2.18. The number of nitrogens with zero attached hydrogens (tertiary/aromatic N) is 1. The van der Waals surface area contributed by atoms with E-state index in [-0.39, 0.29) is 11.8 Å². The molecule has 0 aliphatic rings. The molecule has 0 radical (unpaired) electrons. The smallest absolute Gasteiger partial charge is 0.312 e. The summed E-state index contributed by atoms with van der Waals surface area (Å²) in [6.07, 6.45) is 3.70. The van der Waals surface area contributed by atoms with Crippen LogP contribution in [0, 0.1) is 5.92 Å². The van der Waals surface area contributed by atoms with Crippen molar-refractivity contribution in [2.24, 2.45) is 11.7 Å². The van der Waals surface area contributed by atoms with Crippen LogP contribution in [0.4, 0.5) is 4.79 Å². The molecule has 1 heterocycles. The minimum absolute atomic E-state index is 0.253. The molecule has 5 N–H and O–H groups in total. The number of nitrogens with two attached hydrogens (primary N) is 1. The zero-order valence-electron chi connectivity index (χ0n) is 10.6. The van der Waals surface area contributed by atoms with Crippen LogP contribution in [0.2, 0.25) is 0 Å². The Kier molecular flexibility index (Phi) is 5.16. The number of nitrogens with one attached hydrogen (secondary N) is 3. The van der Waals surface area contributed by atoms with Crippen LogP contribution in [0.25, 0.3) is 0 Å². The van der Waals surface area contributed by atoms with Crippen LogP contribution in [-0.2, 0) is 11.3 Å². The van der Waals surface area contributed by atoms with Crippen molar-refractivity contribution in [2.75, 3.05) is 0 Å². The zero-order chi connectivity index (χ0) is 13.5. The minimum Gasteiger partial charge on any atom is -0.352 e. The lowest BCUT2D eigenvalue weighted by molar-refractivity contribution is -0.123. The van der Waals surface area contributed by atoms with Gasteiger partial charge in [-0.25, -0.2) is 9.78 Å². The first-order valence-corrected chi connectivity index (χ1v) is 5.80. The molecule has 0 aromatic carbocycles. The van der Waals surface area contributed by atoms with E-state index in [1.165, 1.54) is 6.33 Å². The second-order valence-corrected chi connectivity index (χ2v) is 4.49. The highest BCUT2D eigenvalue weighted by Gasteiger charge is 2.20. The summed E-state index contributed by atoms with van der Waals surface area (Å²) >= 11 is 0. The van der Waals surface area contributed by atoms with E-state index in [0.717, 1.165) is 5.69 Å². The van der Waals surface area contributed by atoms with Crippen molar-refractivity contribution in [2.45, 2.75) is 32.9 Å². The Morgan fingerprint density at radius 2 is 2.22 bits per heavy atom. The Hall–Kier alpha value is -2.05. The molecule has 0 saturated heterocycles. The van der Waals surface area contributed by atoms with Gasteiger partial charge in [0.1, 0.15) is 6.04 Å². The SMILES string of the molecule is CC(C)CC(NC(N)=O)C(=O)NCc1cnc[nH]1. The third-order valence-corrected chi connectivity index (χ3v) is 2.35. The molecule has 1 atom stereocenters. The van der Waals surface area contributed by atoms with Gasteiger partial charge in [-0.05, 0) is 12.3 Å². The number of imidazole rings is 1. The number of hydrogen-bond donors (Lipinski definition) is 4. The molecular formula is C11H19N5O2. The van der Waals surface area contributed by atoms with Gasteiger partial charge in [-0.3, -0.25) is 4.79 Å². The second kappa shape index (κ2) is 6.63. The second-order valence-electron chi connectivity index (χ2n) is 4.49. The van der Waals surface area contributed by atoms with E-state index >= 15 is 0 Å². The van der Waals surface area contributed by atoms with Crippen LogP contribution < -0.4 is 16.4 Å². The van der Waals surface area contributed by atoms with Crippen LogP contribution in [-0.4, -0.2) is 27.9 Å². The molecule has 0 aliphatic carbocycles. The molecule has 100 valence electrons. The Morgan fingerprint density at radius 1 is 1.50 bits per heavy atom. The van der Waals surface area contributed by atoms with E-state index in [0.29, 0.717) is 13.0 Å². The fourth-order valence-corrected chi connectivity index (χ4v) is 1.56. The molecule has 3 amide bonds. The summed E-state index contributed by atoms with van der Waals surface area (Å²) < 4.78 is 0. The highest BCUT2D eigenvalue weighted by molar-refractivity contribution is 5.86. The summed E-state index contributed by atoms with van der Waals surface area (Å²) in [4.78, 5) is 29.5. The molecule has 1 aromatic heterocycles. The Bertz CT molecular complexity index is 388. The Morgan fingerprint density at radius 3 is 2.72 bits per heavy atom. The number of amides is 3. The average molecular weight is 253 g/mol. The van der Waals surface area contributed by atoms with Crippen LogP contribution >= 0.6 is 0 Å². The molecule has 0 bridgehead atoms. The maximum absolute atomic E-state index is 11.9. The molecule has 1 rings (SSSR count). The maximum atomic E-state index is 11.9. The fourth-order valence-electron chi connectivity index (χ4n) is 1.56. The van der Waals surface area contributed by atoms with Crippen LogP contribution in [0.3, 0.4) is 0 Å². The van der Waals surface area contributed by atoms with Crippen LogP contribution in [0.5, 0.6) is 0 Å². The number of H-pyrrole nitrogens is 1.